The fourth-order valence-electron chi connectivity index (χ4n) is 2.01. The van der Waals surface area contributed by atoms with E-state index in [1.54, 1.807) is 19.0 Å². The van der Waals surface area contributed by atoms with Crippen LogP contribution in [0.4, 0.5) is 0 Å². The summed E-state index contributed by atoms with van der Waals surface area (Å²) in [5.74, 6) is 0.887. The molecule has 2 N–H and O–H groups in total. The van der Waals surface area contributed by atoms with E-state index in [0.717, 1.165) is 49.6 Å². The molecule has 0 fully saturated rings. The van der Waals surface area contributed by atoms with Crippen molar-refractivity contribution in [2.45, 2.75) is 26.7 Å². The van der Waals surface area contributed by atoms with Gasteiger partial charge in [-0.05, 0) is 37.5 Å². The molecule has 0 bridgehead atoms. The highest BCUT2D eigenvalue weighted by Gasteiger charge is 2.08. The summed E-state index contributed by atoms with van der Waals surface area (Å²) in [6, 6.07) is 7.79. The Bertz CT molecular complexity index is 503. The summed E-state index contributed by atoms with van der Waals surface area (Å²) in [6.07, 6.45) is 1.89. The van der Waals surface area contributed by atoms with Crippen LogP contribution in [0.5, 0.6) is 0 Å². The van der Waals surface area contributed by atoms with Crippen LogP contribution in [0.3, 0.4) is 0 Å². The summed E-state index contributed by atoms with van der Waals surface area (Å²) in [4.78, 5) is 18.0. The van der Waals surface area contributed by atoms with Gasteiger partial charge in [-0.25, -0.2) is 0 Å². The summed E-state index contributed by atoms with van der Waals surface area (Å²) in [7, 11) is 3.53. The quantitative estimate of drug-likeness (QED) is 0.396. The van der Waals surface area contributed by atoms with E-state index >= 15 is 0 Å². The number of amides is 1. The van der Waals surface area contributed by atoms with Gasteiger partial charge in [-0.15, -0.1) is 24.0 Å². The Morgan fingerprint density at radius 1 is 1.22 bits per heavy atom. The monoisotopic (exact) mass is 432 g/mol. The van der Waals surface area contributed by atoms with Crippen molar-refractivity contribution in [1.29, 1.82) is 0 Å². The summed E-state index contributed by atoms with van der Waals surface area (Å²) in [6.45, 7) is 6.62. The number of carbonyl (C=O) groups excluding carboxylic acids is 1. The molecule has 1 aromatic carbocycles. The maximum absolute atomic E-state index is 12.0. The number of nitrogens with one attached hydrogen (secondary N) is 2. The van der Waals surface area contributed by atoms with Crippen molar-refractivity contribution in [3.8, 4) is 0 Å². The van der Waals surface area contributed by atoms with E-state index in [9.17, 15) is 4.79 Å². The second-order valence-corrected chi connectivity index (χ2v) is 5.34. The van der Waals surface area contributed by atoms with Gasteiger partial charge < -0.3 is 15.5 Å². The van der Waals surface area contributed by atoms with Gasteiger partial charge in [0.25, 0.3) is 5.91 Å². The van der Waals surface area contributed by atoms with Crippen molar-refractivity contribution < 1.29 is 4.79 Å². The third-order valence-corrected chi connectivity index (χ3v) is 3.12. The molecule has 0 aliphatic heterocycles. The van der Waals surface area contributed by atoms with E-state index < -0.39 is 0 Å². The van der Waals surface area contributed by atoms with Crippen molar-refractivity contribution in [2.75, 3.05) is 33.7 Å². The SMILES string of the molecule is CCCN=C(NCC)NCCc1cccc(C(=O)N(C)C)c1.I. The smallest absolute Gasteiger partial charge is 0.253 e. The molecule has 0 atom stereocenters. The van der Waals surface area contributed by atoms with E-state index in [1.807, 2.05) is 24.3 Å². The van der Waals surface area contributed by atoms with Gasteiger partial charge in [0, 0.05) is 39.3 Å². The molecule has 0 aromatic heterocycles. The average molecular weight is 432 g/mol. The fraction of sp³-hybridized carbons (Fsp3) is 0.529. The van der Waals surface area contributed by atoms with E-state index in [2.05, 4.69) is 29.5 Å². The minimum absolute atomic E-state index is 0. The van der Waals surface area contributed by atoms with E-state index in [4.69, 9.17) is 0 Å². The highest BCUT2D eigenvalue weighted by molar-refractivity contribution is 14.0. The molecule has 0 aliphatic carbocycles. The van der Waals surface area contributed by atoms with Crippen LogP contribution in [0.1, 0.15) is 36.2 Å². The van der Waals surface area contributed by atoms with Crippen molar-refractivity contribution in [3.63, 3.8) is 0 Å². The van der Waals surface area contributed by atoms with Crippen LogP contribution in [0.15, 0.2) is 29.3 Å². The highest BCUT2D eigenvalue weighted by Crippen LogP contribution is 2.07. The second-order valence-electron chi connectivity index (χ2n) is 5.34. The average Bonchev–Trinajstić information content (AvgIpc) is 2.52. The Balaban J connectivity index is 0.00000484. The molecule has 0 saturated heterocycles. The molecule has 0 radical (unpaired) electrons. The van der Waals surface area contributed by atoms with E-state index in [1.165, 1.54) is 0 Å². The van der Waals surface area contributed by atoms with Crippen LogP contribution >= 0.6 is 24.0 Å². The Hall–Kier alpha value is -1.31. The topological polar surface area (TPSA) is 56.7 Å². The Kier molecular flexibility index (Phi) is 11.5. The summed E-state index contributed by atoms with van der Waals surface area (Å²) in [5, 5.41) is 6.55. The normalized spacial score (nSPS) is 10.7. The van der Waals surface area contributed by atoms with Gasteiger partial charge in [0.2, 0.25) is 0 Å². The van der Waals surface area contributed by atoms with Crippen LogP contribution in [-0.2, 0) is 6.42 Å². The molecule has 5 nitrogen and oxygen atoms in total. The van der Waals surface area contributed by atoms with Crippen LogP contribution < -0.4 is 10.6 Å². The van der Waals surface area contributed by atoms with Crippen molar-refractivity contribution in [1.82, 2.24) is 15.5 Å². The van der Waals surface area contributed by atoms with Crippen molar-refractivity contribution in [2.24, 2.45) is 4.99 Å². The molecular weight excluding hydrogens is 403 g/mol. The minimum atomic E-state index is 0. The third kappa shape index (κ3) is 8.20. The van der Waals surface area contributed by atoms with Gasteiger partial charge >= 0.3 is 0 Å². The zero-order valence-electron chi connectivity index (χ0n) is 14.6. The van der Waals surface area contributed by atoms with Gasteiger partial charge in [-0.2, -0.15) is 0 Å². The van der Waals surface area contributed by atoms with Gasteiger partial charge in [-0.3, -0.25) is 9.79 Å². The predicted molar refractivity (Wildman–Crippen MR) is 108 cm³/mol. The standard InChI is InChI=1S/C17H28N4O.HI/c1-5-11-19-17(18-6-2)20-12-10-14-8-7-9-15(13-14)16(22)21(3)4;/h7-9,13H,5-6,10-12H2,1-4H3,(H2,18,19,20);1H. The van der Waals surface area contributed by atoms with Gasteiger partial charge in [0.05, 0.1) is 0 Å². The molecule has 0 spiro atoms. The van der Waals surface area contributed by atoms with Crippen LogP contribution in [0.25, 0.3) is 0 Å². The fourth-order valence-corrected chi connectivity index (χ4v) is 2.01. The molecule has 1 rings (SSSR count). The maximum atomic E-state index is 12.0. The first-order chi connectivity index (χ1) is 10.6. The zero-order chi connectivity index (χ0) is 16.4. The lowest BCUT2D eigenvalue weighted by Crippen LogP contribution is -2.38. The molecule has 23 heavy (non-hydrogen) atoms. The molecular formula is C17H29IN4O. The first kappa shape index (κ1) is 21.7. The number of halogens is 1. The van der Waals surface area contributed by atoms with Crippen molar-refractivity contribution in [3.05, 3.63) is 35.4 Å². The summed E-state index contributed by atoms with van der Waals surface area (Å²) < 4.78 is 0. The molecule has 130 valence electrons. The molecule has 0 saturated carbocycles. The Morgan fingerprint density at radius 3 is 2.57 bits per heavy atom. The van der Waals surface area contributed by atoms with Crippen LogP contribution in [0.2, 0.25) is 0 Å². The van der Waals surface area contributed by atoms with Crippen molar-refractivity contribution >= 4 is 35.8 Å². The second kappa shape index (κ2) is 12.2. The summed E-state index contributed by atoms with van der Waals surface area (Å²) >= 11 is 0. The largest absolute Gasteiger partial charge is 0.357 e. The number of carbonyl (C=O) groups is 1. The van der Waals surface area contributed by atoms with Gasteiger partial charge in [-0.1, -0.05) is 19.1 Å². The number of rotatable bonds is 7. The lowest BCUT2D eigenvalue weighted by molar-refractivity contribution is 0.0827. The van der Waals surface area contributed by atoms with Gasteiger partial charge in [0.1, 0.15) is 0 Å². The molecule has 1 aromatic rings. The summed E-state index contributed by atoms with van der Waals surface area (Å²) in [5.41, 5.74) is 1.88. The molecule has 6 heteroatoms. The Labute approximate surface area is 157 Å². The number of aliphatic imine (C=N–C) groups is 1. The Morgan fingerprint density at radius 2 is 1.96 bits per heavy atom. The van der Waals surface area contributed by atoms with E-state index in [-0.39, 0.29) is 29.9 Å². The van der Waals surface area contributed by atoms with Crippen LogP contribution in [0, 0.1) is 0 Å². The molecule has 1 amide bonds. The predicted octanol–water partition coefficient (Wildman–Crippen LogP) is 2.51. The van der Waals surface area contributed by atoms with Crippen LogP contribution in [-0.4, -0.2) is 50.5 Å². The lowest BCUT2D eigenvalue weighted by atomic mass is 10.1. The molecule has 0 unspecified atom stereocenters. The van der Waals surface area contributed by atoms with Gasteiger partial charge in [0.15, 0.2) is 5.96 Å². The number of hydrogen-bond donors (Lipinski definition) is 2. The number of nitrogens with zero attached hydrogens (tertiary/aromatic N) is 2. The van der Waals surface area contributed by atoms with E-state index in [0.29, 0.717) is 0 Å². The third-order valence-electron chi connectivity index (χ3n) is 3.12. The maximum Gasteiger partial charge on any atom is 0.253 e. The lowest BCUT2D eigenvalue weighted by Gasteiger charge is -2.13. The number of guanidine groups is 1. The molecule has 0 aliphatic rings. The number of hydrogen-bond acceptors (Lipinski definition) is 2. The highest BCUT2D eigenvalue weighted by atomic mass is 127. The molecule has 0 heterocycles. The number of benzene rings is 1. The minimum Gasteiger partial charge on any atom is -0.357 e. The zero-order valence-corrected chi connectivity index (χ0v) is 16.9. The first-order valence-corrected chi connectivity index (χ1v) is 7.91. The first-order valence-electron chi connectivity index (χ1n) is 7.91.